The second-order valence-corrected chi connectivity index (χ2v) is 10.4. The molecular formula is C28H36N8. The Morgan fingerprint density at radius 3 is 2.56 bits per heavy atom. The minimum absolute atomic E-state index is 0.377. The molecule has 1 spiro atoms. The maximum absolute atomic E-state index is 4.55. The number of hydrogen-bond donors (Lipinski definition) is 3. The molecule has 0 amide bonds. The molecular weight excluding hydrogens is 448 g/mol. The van der Waals surface area contributed by atoms with Crippen molar-refractivity contribution in [3.63, 3.8) is 0 Å². The van der Waals surface area contributed by atoms with Crippen molar-refractivity contribution in [2.24, 2.45) is 0 Å². The van der Waals surface area contributed by atoms with E-state index in [4.69, 9.17) is 0 Å². The summed E-state index contributed by atoms with van der Waals surface area (Å²) in [6.45, 7) is 9.82. The highest BCUT2D eigenvalue weighted by atomic mass is 15.3. The van der Waals surface area contributed by atoms with Gasteiger partial charge in [0.2, 0.25) is 5.95 Å². The van der Waals surface area contributed by atoms with Crippen LogP contribution in [0.2, 0.25) is 0 Å². The van der Waals surface area contributed by atoms with Gasteiger partial charge in [0, 0.05) is 80.7 Å². The third-order valence-corrected chi connectivity index (χ3v) is 8.01. The largest absolute Gasteiger partial charge is 0.354 e. The number of pyridine rings is 1. The van der Waals surface area contributed by atoms with Gasteiger partial charge in [0.05, 0.1) is 0 Å². The van der Waals surface area contributed by atoms with Gasteiger partial charge in [0.15, 0.2) is 0 Å². The molecule has 1 aromatic carbocycles. The minimum Gasteiger partial charge on any atom is -0.354 e. The molecule has 8 nitrogen and oxygen atoms in total. The lowest BCUT2D eigenvalue weighted by atomic mass is 10.0. The van der Waals surface area contributed by atoms with E-state index in [-0.39, 0.29) is 0 Å². The van der Waals surface area contributed by atoms with Crippen molar-refractivity contribution in [2.75, 3.05) is 56.4 Å². The van der Waals surface area contributed by atoms with Gasteiger partial charge < -0.3 is 16.0 Å². The lowest BCUT2D eigenvalue weighted by molar-refractivity contribution is 0.0637. The van der Waals surface area contributed by atoms with Gasteiger partial charge in [-0.05, 0) is 68.1 Å². The molecule has 6 aliphatic rings. The van der Waals surface area contributed by atoms with Crippen LogP contribution in [0.3, 0.4) is 0 Å². The third kappa shape index (κ3) is 5.07. The van der Waals surface area contributed by atoms with E-state index in [9.17, 15) is 0 Å². The summed E-state index contributed by atoms with van der Waals surface area (Å²) in [5, 5.41) is 10.6. The van der Waals surface area contributed by atoms with E-state index in [0.717, 1.165) is 74.9 Å². The molecule has 2 fully saturated rings. The molecule has 8 bridgehead atoms. The van der Waals surface area contributed by atoms with Crippen molar-refractivity contribution in [1.29, 1.82) is 0 Å². The molecule has 7 heterocycles. The van der Waals surface area contributed by atoms with Crippen LogP contribution in [-0.2, 0) is 0 Å². The zero-order chi connectivity index (χ0) is 24.4. The van der Waals surface area contributed by atoms with Crippen LogP contribution >= 0.6 is 0 Å². The van der Waals surface area contributed by atoms with E-state index in [1.165, 1.54) is 18.4 Å². The highest BCUT2D eigenvalue weighted by Crippen LogP contribution is 2.42. The first-order valence-electron chi connectivity index (χ1n) is 13.3. The van der Waals surface area contributed by atoms with E-state index in [2.05, 4.69) is 78.0 Å². The van der Waals surface area contributed by atoms with Gasteiger partial charge in [-0.15, -0.1) is 0 Å². The number of hydrogen-bond acceptors (Lipinski definition) is 8. The molecule has 9 rings (SSSR count). The molecule has 1 unspecified atom stereocenters. The standard InChI is InChI=1S/C28H36N8/c1-21-22-4-2-5-25(16-22)34-26-17-23(6-11-30-26)24-18-32-27(33-19-24)31-10-3-9-29-20-28(7-8-28)36-14-12-35(21)13-15-36/h2,4-6,11,16-19,21,29H,3,7-10,12-15,20H2,1H3,(H,30,34)(H,31,32,33). The molecule has 8 heteroatoms. The van der Waals surface area contributed by atoms with Gasteiger partial charge in [0.1, 0.15) is 5.82 Å². The predicted molar refractivity (Wildman–Crippen MR) is 144 cm³/mol. The summed E-state index contributed by atoms with van der Waals surface area (Å²) in [7, 11) is 0. The van der Waals surface area contributed by atoms with E-state index in [0.29, 0.717) is 17.5 Å². The van der Waals surface area contributed by atoms with Crippen LogP contribution in [0.4, 0.5) is 17.5 Å². The zero-order valence-electron chi connectivity index (χ0n) is 21.1. The molecule has 36 heavy (non-hydrogen) atoms. The molecule has 1 atom stereocenters. The second kappa shape index (κ2) is 10.1. The molecule has 2 aromatic heterocycles. The Morgan fingerprint density at radius 1 is 0.917 bits per heavy atom. The van der Waals surface area contributed by atoms with Crippen LogP contribution in [0.15, 0.2) is 55.0 Å². The number of rotatable bonds is 0. The highest BCUT2D eigenvalue weighted by Gasteiger charge is 2.48. The Kier molecular flexibility index (Phi) is 6.56. The monoisotopic (exact) mass is 484 g/mol. The van der Waals surface area contributed by atoms with Gasteiger partial charge in [0.25, 0.3) is 0 Å². The first-order valence-corrected chi connectivity index (χ1v) is 13.3. The summed E-state index contributed by atoms with van der Waals surface area (Å²) in [5.74, 6) is 1.49. The Labute approximate surface area is 213 Å². The Balaban J connectivity index is 1.24. The lowest BCUT2D eigenvalue weighted by Gasteiger charge is -2.42. The number of piperazine rings is 1. The van der Waals surface area contributed by atoms with E-state index < -0.39 is 0 Å². The van der Waals surface area contributed by atoms with Crippen molar-refractivity contribution in [3.8, 4) is 11.1 Å². The first kappa shape index (κ1) is 23.3. The highest BCUT2D eigenvalue weighted by molar-refractivity contribution is 5.68. The Hall–Kier alpha value is -3.07. The normalized spacial score (nSPS) is 25.6. The fourth-order valence-corrected chi connectivity index (χ4v) is 5.55. The number of anilines is 3. The third-order valence-electron chi connectivity index (χ3n) is 8.01. The van der Waals surface area contributed by atoms with Crippen molar-refractivity contribution < 1.29 is 0 Å². The summed E-state index contributed by atoms with van der Waals surface area (Å²) in [6, 6.07) is 13.2. The quantitative estimate of drug-likeness (QED) is 0.443. The number of aromatic nitrogens is 3. The van der Waals surface area contributed by atoms with Crippen molar-refractivity contribution >= 4 is 17.5 Å². The van der Waals surface area contributed by atoms with Gasteiger partial charge in [-0.25, -0.2) is 15.0 Å². The van der Waals surface area contributed by atoms with Crippen LogP contribution in [-0.4, -0.2) is 76.1 Å². The predicted octanol–water partition coefficient (Wildman–Crippen LogP) is 3.90. The van der Waals surface area contributed by atoms with Crippen molar-refractivity contribution in [1.82, 2.24) is 30.1 Å². The maximum Gasteiger partial charge on any atom is 0.222 e. The Bertz CT molecular complexity index is 1170. The van der Waals surface area contributed by atoms with Crippen LogP contribution in [0.5, 0.6) is 0 Å². The summed E-state index contributed by atoms with van der Waals surface area (Å²) in [5.41, 5.74) is 4.78. The fourth-order valence-electron chi connectivity index (χ4n) is 5.55. The smallest absolute Gasteiger partial charge is 0.222 e. The molecule has 1 saturated heterocycles. The summed E-state index contributed by atoms with van der Waals surface area (Å²) < 4.78 is 0. The molecule has 5 aliphatic heterocycles. The number of nitrogens with zero attached hydrogens (tertiary/aromatic N) is 5. The van der Waals surface area contributed by atoms with Crippen molar-refractivity contribution in [3.05, 3.63) is 60.6 Å². The molecule has 3 N–H and O–H groups in total. The van der Waals surface area contributed by atoms with Crippen molar-refractivity contribution in [2.45, 2.75) is 37.8 Å². The van der Waals surface area contributed by atoms with Crippen LogP contribution in [0, 0.1) is 0 Å². The maximum atomic E-state index is 4.55. The van der Waals surface area contributed by atoms with E-state index in [1.54, 1.807) is 0 Å². The summed E-state index contributed by atoms with van der Waals surface area (Å²) >= 11 is 0. The number of benzene rings is 1. The van der Waals surface area contributed by atoms with Gasteiger partial charge in [-0.3, -0.25) is 9.80 Å². The zero-order valence-corrected chi connectivity index (χ0v) is 21.1. The van der Waals surface area contributed by atoms with E-state index in [1.807, 2.05) is 24.7 Å². The van der Waals surface area contributed by atoms with Gasteiger partial charge >= 0.3 is 0 Å². The van der Waals surface area contributed by atoms with E-state index >= 15 is 0 Å². The van der Waals surface area contributed by atoms with Gasteiger partial charge in [-0.1, -0.05) is 12.1 Å². The molecule has 3 aromatic rings. The average Bonchev–Trinajstić information content (AvgIpc) is 3.72. The average molecular weight is 485 g/mol. The Morgan fingerprint density at radius 2 is 1.75 bits per heavy atom. The second-order valence-electron chi connectivity index (χ2n) is 10.4. The fraction of sp³-hybridized carbons (Fsp3) is 0.464. The SMILES string of the molecule is CC1c2cccc(c2)Nc2cc(ccn2)-c2cnc(nc2)NCCCNCC2(CC2)N2CCN1CC2. The molecule has 1 saturated carbocycles. The molecule has 0 radical (unpaired) electrons. The number of nitrogens with one attached hydrogen (secondary N) is 3. The van der Waals surface area contributed by atoms with Crippen LogP contribution in [0.1, 0.15) is 37.8 Å². The topological polar surface area (TPSA) is 81.2 Å². The summed E-state index contributed by atoms with van der Waals surface area (Å²) in [4.78, 5) is 19.0. The molecule has 1 aliphatic carbocycles. The minimum atomic E-state index is 0.377. The van der Waals surface area contributed by atoms with Gasteiger partial charge in [-0.2, -0.15) is 0 Å². The lowest BCUT2D eigenvalue weighted by Crippen LogP contribution is -2.54. The molecule has 188 valence electrons. The first-order chi connectivity index (χ1) is 17.7. The summed E-state index contributed by atoms with van der Waals surface area (Å²) in [6.07, 6.45) is 9.26. The van der Waals surface area contributed by atoms with Crippen LogP contribution in [0.25, 0.3) is 11.1 Å². The van der Waals surface area contributed by atoms with Crippen LogP contribution < -0.4 is 16.0 Å².